The lowest BCUT2D eigenvalue weighted by molar-refractivity contribution is -0.126. The molecule has 1 saturated heterocycles. The van der Waals surface area contributed by atoms with Gasteiger partial charge in [0.25, 0.3) is 0 Å². The number of anilines is 1. The third-order valence-electron chi connectivity index (χ3n) is 4.52. The van der Waals surface area contributed by atoms with Gasteiger partial charge in [-0.1, -0.05) is 38.3 Å². The van der Waals surface area contributed by atoms with Gasteiger partial charge in [-0.3, -0.25) is 9.59 Å². The summed E-state index contributed by atoms with van der Waals surface area (Å²) in [6.07, 6.45) is 3.31. The average Bonchev–Trinajstić information content (AvgIpc) is 2.91. The van der Waals surface area contributed by atoms with Gasteiger partial charge in [-0.15, -0.1) is 0 Å². The predicted octanol–water partition coefficient (Wildman–Crippen LogP) is 4.16. The molecule has 1 N–H and O–H groups in total. The molecule has 1 aliphatic heterocycles. The summed E-state index contributed by atoms with van der Waals surface area (Å²) >= 11 is 5.79. The Morgan fingerprint density at radius 1 is 1.36 bits per heavy atom. The van der Waals surface area contributed by atoms with Crippen molar-refractivity contribution in [3.05, 3.63) is 29.0 Å². The number of benzene rings is 1. The van der Waals surface area contributed by atoms with E-state index in [0.29, 0.717) is 18.2 Å². The second-order valence-corrected chi connectivity index (χ2v) is 7.65. The number of amides is 2. The van der Waals surface area contributed by atoms with Crippen LogP contribution in [0.2, 0.25) is 5.02 Å². The van der Waals surface area contributed by atoms with E-state index < -0.39 is 5.82 Å². The highest BCUT2D eigenvalue weighted by Gasteiger charge is 2.35. The van der Waals surface area contributed by atoms with E-state index in [1.165, 1.54) is 23.1 Å². The molecule has 0 bridgehead atoms. The molecular formula is C19H26ClFN2O2. The van der Waals surface area contributed by atoms with Gasteiger partial charge < -0.3 is 10.2 Å². The average molecular weight is 369 g/mol. The Bertz CT molecular complexity index is 636. The van der Waals surface area contributed by atoms with Gasteiger partial charge in [-0.25, -0.2) is 4.39 Å². The third kappa shape index (κ3) is 5.43. The molecular weight excluding hydrogens is 343 g/mol. The molecule has 1 aromatic rings. The molecule has 1 heterocycles. The highest BCUT2D eigenvalue weighted by atomic mass is 35.5. The molecule has 138 valence electrons. The van der Waals surface area contributed by atoms with Crippen molar-refractivity contribution in [2.45, 2.75) is 52.5 Å². The maximum Gasteiger partial charge on any atom is 0.227 e. The van der Waals surface area contributed by atoms with Gasteiger partial charge in [0, 0.05) is 24.7 Å². The Morgan fingerprint density at radius 2 is 2.08 bits per heavy atom. The van der Waals surface area contributed by atoms with Crippen LogP contribution in [0.25, 0.3) is 0 Å². The van der Waals surface area contributed by atoms with Crippen molar-refractivity contribution in [3.8, 4) is 0 Å². The van der Waals surface area contributed by atoms with E-state index in [4.69, 9.17) is 11.6 Å². The Balaban J connectivity index is 1.90. The van der Waals surface area contributed by atoms with Crippen LogP contribution < -0.4 is 10.2 Å². The largest absolute Gasteiger partial charge is 0.353 e. The highest BCUT2D eigenvalue weighted by Crippen LogP contribution is 2.28. The van der Waals surface area contributed by atoms with Crippen LogP contribution in [-0.4, -0.2) is 24.4 Å². The minimum Gasteiger partial charge on any atom is -0.353 e. The zero-order valence-corrected chi connectivity index (χ0v) is 15.8. The molecule has 2 unspecified atom stereocenters. The molecule has 25 heavy (non-hydrogen) atoms. The fourth-order valence-corrected chi connectivity index (χ4v) is 3.23. The summed E-state index contributed by atoms with van der Waals surface area (Å²) in [4.78, 5) is 26.1. The normalized spacial score (nSPS) is 18.7. The van der Waals surface area contributed by atoms with Crippen molar-refractivity contribution in [3.63, 3.8) is 0 Å². The Kier molecular flexibility index (Phi) is 6.82. The van der Waals surface area contributed by atoms with Crippen molar-refractivity contribution in [1.29, 1.82) is 0 Å². The van der Waals surface area contributed by atoms with Crippen LogP contribution in [0.4, 0.5) is 10.1 Å². The molecule has 2 amide bonds. The SMILES string of the molecule is CC(C)CCCC(C)NC(=O)C1CC(=O)N(c2ccc(F)c(Cl)c2)C1. The van der Waals surface area contributed by atoms with E-state index in [0.717, 1.165) is 19.3 Å². The standard InChI is InChI=1S/C19H26ClFN2O2/c1-12(2)5-4-6-13(3)22-19(25)14-9-18(24)23(11-14)15-7-8-17(21)16(20)10-15/h7-8,10,12-14H,4-6,9,11H2,1-3H3,(H,22,25). The zero-order chi connectivity index (χ0) is 18.6. The summed E-state index contributed by atoms with van der Waals surface area (Å²) in [6, 6.07) is 4.25. The number of nitrogens with one attached hydrogen (secondary N) is 1. The quantitative estimate of drug-likeness (QED) is 0.785. The van der Waals surface area contributed by atoms with E-state index in [1.54, 1.807) is 0 Å². The number of carbonyl (C=O) groups is 2. The first-order chi connectivity index (χ1) is 11.8. The van der Waals surface area contributed by atoms with E-state index in [-0.39, 0.29) is 35.2 Å². The molecule has 1 fully saturated rings. The van der Waals surface area contributed by atoms with Gasteiger partial charge >= 0.3 is 0 Å². The van der Waals surface area contributed by atoms with Crippen LogP contribution in [0.1, 0.15) is 46.5 Å². The number of nitrogens with zero attached hydrogens (tertiary/aromatic N) is 1. The molecule has 0 spiro atoms. The van der Waals surface area contributed by atoms with E-state index in [1.807, 2.05) is 6.92 Å². The monoisotopic (exact) mass is 368 g/mol. The lowest BCUT2D eigenvalue weighted by Crippen LogP contribution is -2.38. The lowest BCUT2D eigenvalue weighted by Gasteiger charge is -2.19. The van der Waals surface area contributed by atoms with Crippen molar-refractivity contribution >= 4 is 29.1 Å². The predicted molar refractivity (Wildman–Crippen MR) is 98.2 cm³/mol. The van der Waals surface area contributed by atoms with Crippen LogP contribution in [-0.2, 0) is 9.59 Å². The smallest absolute Gasteiger partial charge is 0.227 e. The Hall–Kier alpha value is -1.62. The second-order valence-electron chi connectivity index (χ2n) is 7.24. The Morgan fingerprint density at radius 3 is 2.72 bits per heavy atom. The third-order valence-corrected chi connectivity index (χ3v) is 4.81. The molecule has 1 aromatic carbocycles. The van der Waals surface area contributed by atoms with E-state index in [2.05, 4.69) is 19.2 Å². The maximum absolute atomic E-state index is 13.3. The summed E-state index contributed by atoms with van der Waals surface area (Å²) in [5.41, 5.74) is 0.525. The van der Waals surface area contributed by atoms with Gasteiger partial charge in [0.1, 0.15) is 5.82 Å². The van der Waals surface area contributed by atoms with Crippen molar-refractivity contribution in [1.82, 2.24) is 5.32 Å². The van der Waals surface area contributed by atoms with Crippen LogP contribution in [0.3, 0.4) is 0 Å². The van der Waals surface area contributed by atoms with E-state index >= 15 is 0 Å². The van der Waals surface area contributed by atoms with Gasteiger partial charge in [0.15, 0.2) is 0 Å². The summed E-state index contributed by atoms with van der Waals surface area (Å²) in [5, 5.41) is 2.97. The molecule has 2 rings (SSSR count). The van der Waals surface area contributed by atoms with Crippen LogP contribution >= 0.6 is 11.6 Å². The van der Waals surface area contributed by atoms with Gasteiger partial charge in [0.2, 0.25) is 11.8 Å². The minimum atomic E-state index is -0.526. The first kappa shape index (κ1) is 19.7. The summed E-state index contributed by atoms with van der Waals surface area (Å²) in [7, 11) is 0. The summed E-state index contributed by atoms with van der Waals surface area (Å²) in [6.45, 7) is 6.66. The fraction of sp³-hybridized carbons (Fsp3) is 0.579. The minimum absolute atomic E-state index is 0.0306. The first-order valence-electron chi connectivity index (χ1n) is 8.83. The molecule has 2 atom stereocenters. The van der Waals surface area contributed by atoms with Crippen molar-refractivity contribution in [2.24, 2.45) is 11.8 Å². The second kappa shape index (κ2) is 8.65. The molecule has 0 radical (unpaired) electrons. The number of hydrogen-bond acceptors (Lipinski definition) is 2. The maximum atomic E-state index is 13.3. The lowest BCUT2D eigenvalue weighted by atomic mass is 10.0. The van der Waals surface area contributed by atoms with Gasteiger partial charge in [0.05, 0.1) is 10.9 Å². The number of halogens is 2. The topological polar surface area (TPSA) is 49.4 Å². The first-order valence-corrected chi connectivity index (χ1v) is 9.21. The van der Waals surface area contributed by atoms with E-state index in [9.17, 15) is 14.0 Å². The summed E-state index contributed by atoms with van der Waals surface area (Å²) in [5.74, 6) is -0.492. The fourth-order valence-electron chi connectivity index (χ4n) is 3.05. The van der Waals surface area contributed by atoms with Crippen LogP contribution in [0.5, 0.6) is 0 Å². The number of rotatable bonds is 7. The van der Waals surface area contributed by atoms with Gasteiger partial charge in [-0.05, 0) is 37.5 Å². The summed E-state index contributed by atoms with van der Waals surface area (Å²) < 4.78 is 13.3. The number of carbonyl (C=O) groups excluding carboxylic acids is 2. The molecule has 0 aliphatic carbocycles. The highest BCUT2D eigenvalue weighted by molar-refractivity contribution is 6.31. The Labute approximate surface area is 153 Å². The molecule has 4 nitrogen and oxygen atoms in total. The van der Waals surface area contributed by atoms with Gasteiger partial charge in [-0.2, -0.15) is 0 Å². The number of hydrogen-bond donors (Lipinski definition) is 1. The van der Waals surface area contributed by atoms with Crippen LogP contribution in [0.15, 0.2) is 18.2 Å². The van der Waals surface area contributed by atoms with Crippen LogP contribution in [0, 0.1) is 17.7 Å². The van der Waals surface area contributed by atoms with Crippen molar-refractivity contribution < 1.29 is 14.0 Å². The molecule has 0 aromatic heterocycles. The van der Waals surface area contributed by atoms with Crippen molar-refractivity contribution in [2.75, 3.05) is 11.4 Å². The molecule has 6 heteroatoms. The zero-order valence-electron chi connectivity index (χ0n) is 15.0. The molecule has 0 saturated carbocycles. The molecule has 1 aliphatic rings.